The van der Waals surface area contributed by atoms with Crippen molar-refractivity contribution in [1.82, 2.24) is 20.0 Å². The van der Waals surface area contributed by atoms with E-state index in [4.69, 9.17) is 0 Å². The van der Waals surface area contributed by atoms with Gasteiger partial charge in [0, 0.05) is 26.6 Å². The molecule has 2 heterocycles. The molecule has 4 amide bonds. The van der Waals surface area contributed by atoms with Gasteiger partial charge in [0.25, 0.3) is 17.7 Å². The van der Waals surface area contributed by atoms with Gasteiger partial charge in [0.2, 0.25) is 5.91 Å². The fourth-order valence-corrected chi connectivity index (χ4v) is 3.57. The average Bonchev–Trinajstić information content (AvgIpc) is 3.24. The first-order valence-electron chi connectivity index (χ1n) is 10.8. The van der Waals surface area contributed by atoms with Gasteiger partial charge < -0.3 is 10.6 Å². The van der Waals surface area contributed by atoms with Crippen LogP contribution in [0.25, 0.3) is 0 Å². The molecule has 0 aliphatic carbocycles. The number of benzene rings is 1. The average molecular weight is 440 g/mol. The number of nitrogens with zero attached hydrogens (tertiary/aromatic N) is 3. The van der Waals surface area contributed by atoms with Gasteiger partial charge in [-0.05, 0) is 30.9 Å². The third-order valence-electron chi connectivity index (χ3n) is 5.26. The fourth-order valence-electron chi connectivity index (χ4n) is 3.57. The van der Waals surface area contributed by atoms with E-state index < -0.39 is 0 Å². The highest BCUT2D eigenvalue weighted by molar-refractivity contribution is 6.21. The summed E-state index contributed by atoms with van der Waals surface area (Å²) in [6.07, 6.45) is 3.64. The summed E-state index contributed by atoms with van der Waals surface area (Å²) in [7, 11) is 1.65. The maximum absolute atomic E-state index is 12.4. The van der Waals surface area contributed by atoms with E-state index in [1.807, 2.05) is 13.8 Å². The van der Waals surface area contributed by atoms with Crippen molar-refractivity contribution in [2.75, 3.05) is 18.4 Å². The van der Waals surface area contributed by atoms with E-state index in [1.165, 1.54) is 15.8 Å². The van der Waals surface area contributed by atoms with Gasteiger partial charge in [0.05, 0.1) is 23.0 Å². The molecule has 0 fully saturated rings. The number of hydrogen-bond acceptors (Lipinski definition) is 5. The predicted molar refractivity (Wildman–Crippen MR) is 119 cm³/mol. The molecule has 2 aromatic rings. The molecule has 0 saturated carbocycles. The van der Waals surface area contributed by atoms with Crippen LogP contribution in [0.1, 0.15) is 70.7 Å². The Kier molecular flexibility index (Phi) is 7.40. The maximum Gasteiger partial charge on any atom is 0.271 e. The predicted octanol–water partition coefficient (Wildman–Crippen LogP) is 2.60. The summed E-state index contributed by atoms with van der Waals surface area (Å²) in [5, 5.41) is 9.66. The molecule has 0 atom stereocenters. The van der Waals surface area contributed by atoms with Crippen LogP contribution < -0.4 is 10.6 Å². The zero-order valence-corrected chi connectivity index (χ0v) is 18.7. The van der Waals surface area contributed by atoms with Gasteiger partial charge in [-0.15, -0.1) is 0 Å². The zero-order chi connectivity index (χ0) is 23.3. The van der Waals surface area contributed by atoms with Crippen molar-refractivity contribution in [3.05, 3.63) is 47.3 Å². The summed E-state index contributed by atoms with van der Waals surface area (Å²) in [4.78, 5) is 50.7. The number of hydrogen-bond donors (Lipinski definition) is 2. The number of fused-ring (bicyclic) bond motifs is 1. The van der Waals surface area contributed by atoms with Crippen molar-refractivity contribution in [3.63, 3.8) is 0 Å². The van der Waals surface area contributed by atoms with E-state index in [-0.39, 0.29) is 30.0 Å². The van der Waals surface area contributed by atoms with E-state index in [9.17, 15) is 19.2 Å². The third-order valence-corrected chi connectivity index (χ3v) is 5.26. The van der Waals surface area contributed by atoms with Crippen LogP contribution in [-0.2, 0) is 11.8 Å². The highest BCUT2D eigenvalue weighted by Gasteiger charge is 2.34. The Labute approximate surface area is 187 Å². The number of amides is 4. The normalized spacial score (nSPS) is 12.9. The minimum atomic E-state index is -0.282. The minimum Gasteiger partial charge on any atom is -0.350 e. The SMILES string of the molecule is CC(C)CNC(=O)c1c(NC(=O)CCCCCN2C(=O)c3ccccc3C2=O)cnn1C. The van der Waals surface area contributed by atoms with Gasteiger partial charge in [0.1, 0.15) is 5.69 Å². The lowest BCUT2D eigenvalue weighted by Crippen LogP contribution is -2.30. The standard InChI is InChI=1S/C23H29N5O4/c1-15(2)13-24-21(30)20-18(14-25-27(20)3)26-19(29)11-5-4-8-12-28-22(31)16-9-6-7-10-17(16)23(28)32/h6-7,9-10,14-15H,4-5,8,11-13H2,1-3H3,(H,24,30)(H,26,29). The molecule has 0 bridgehead atoms. The van der Waals surface area contributed by atoms with Crippen LogP contribution >= 0.6 is 0 Å². The summed E-state index contributed by atoms with van der Waals surface area (Å²) >= 11 is 0. The first-order valence-corrected chi connectivity index (χ1v) is 10.8. The zero-order valence-electron chi connectivity index (χ0n) is 18.7. The summed E-state index contributed by atoms with van der Waals surface area (Å²) < 4.78 is 1.44. The smallest absolute Gasteiger partial charge is 0.271 e. The molecule has 9 nitrogen and oxygen atoms in total. The van der Waals surface area contributed by atoms with Crippen LogP contribution in [0.15, 0.2) is 30.5 Å². The number of rotatable bonds is 10. The van der Waals surface area contributed by atoms with Crippen molar-refractivity contribution in [2.45, 2.75) is 39.5 Å². The van der Waals surface area contributed by atoms with Crippen LogP contribution in [0.3, 0.4) is 0 Å². The molecule has 0 radical (unpaired) electrons. The topological polar surface area (TPSA) is 113 Å². The molecule has 3 rings (SSSR count). The molecule has 1 aromatic heterocycles. The Morgan fingerprint density at radius 1 is 1.03 bits per heavy atom. The Morgan fingerprint density at radius 2 is 1.69 bits per heavy atom. The second kappa shape index (κ2) is 10.2. The van der Waals surface area contributed by atoms with Crippen molar-refractivity contribution < 1.29 is 19.2 Å². The Morgan fingerprint density at radius 3 is 2.31 bits per heavy atom. The minimum absolute atomic E-state index is 0.211. The van der Waals surface area contributed by atoms with Gasteiger partial charge in [-0.2, -0.15) is 5.10 Å². The fraction of sp³-hybridized carbons (Fsp3) is 0.435. The lowest BCUT2D eigenvalue weighted by molar-refractivity contribution is -0.116. The highest BCUT2D eigenvalue weighted by atomic mass is 16.2. The van der Waals surface area contributed by atoms with Gasteiger partial charge in [-0.3, -0.25) is 28.8 Å². The molecule has 2 N–H and O–H groups in total. The number of carbonyl (C=O) groups excluding carboxylic acids is 4. The van der Waals surface area contributed by atoms with E-state index in [0.29, 0.717) is 60.8 Å². The first kappa shape index (κ1) is 23.2. The molecule has 1 aromatic carbocycles. The third kappa shape index (κ3) is 5.22. The summed E-state index contributed by atoms with van der Waals surface area (Å²) in [6, 6.07) is 6.81. The van der Waals surface area contributed by atoms with E-state index in [1.54, 1.807) is 31.3 Å². The molecule has 1 aliphatic rings. The molecular formula is C23H29N5O4. The van der Waals surface area contributed by atoms with Gasteiger partial charge in [0.15, 0.2) is 0 Å². The molecule has 9 heteroatoms. The van der Waals surface area contributed by atoms with Crippen LogP contribution in [0.5, 0.6) is 0 Å². The highest BCUT2D eigenvalue weighted by Crippen LogP contribution is 2.23. The van der Waals surface area contributed by atoms with Gasteiger partial charge in [-0.1, -0.05) is 32.4 Å². The molecule has 0 spiro atoms. The molecule has 0 saturated heterocycles. The van der Waals surface area contributed by atoms with Crippen molar-refractivity contribution in [2.24, 2.45) is 13.0 Å². The van der Waals surface area contributed by atoms with E-state index in [0.717, 1.165) is 0 Å². The van der Waals surface area contributed by atoms with Gasteiger partial charge in [-0.25, -0.2) is 0 Å². The van der Waals surface area contributed by atoms with Crippen molar-refractivity contribution in [1.29, 1.82) is 0 Å². The summed E-state index contributed by atoms with van der Waals surface area (Å²) in [6.45, 7) is 4.86. The second-order valence-electron chi connectivity index (χ2n) is 8.30. The second-order valence-corrected chi connectivity index (χ2v) is 8.30. The first-order chi connectivity index (χ1) is 15.3. The van der Waals surface area contributed by atoms with Crippen LogP contribution in [-0.4, -0.2) is 51.4 Å². The lowest BCUT2D eigenvalue weighted by Gasteiger charge is -2.13. The van der Waals surface area contributed by atoms with E-state index in [2.05, 4.69) is 15.7 Å². The van der Waals surface area contributed by atoms with E-state index >= 15 is 0 Å². The number of imide groups is 1. The number of nitrogens with one attached hydrogen (secondary N) is 2. The lowest BCUT2D eigenvalue weighted by atomic mass is 10.1. The number of anilines is 1. The number of unbranched alkanes of at least 4 members (excludes halogenated alkanes) is 2. The molecule has 32 heavy (non-hydrogen) atoms. The Balaban J connectivity index is 1.43. The molecule has 170 valence electrons. The van der Waals surface area contributed by atoms with Gasteiger partial charge >= 0.3 is 0 Å². The van der Waals surface area contributed by atoms with Crippen LogP contribution in [0.2, 0.25) is 0 Å². The molecule has 1 aliphatic heterocycles. The van der Waals surface area contributed by atoms with Crippen molar-refractivity contribution >= 4 is 29.3 Å². The molecule has 0 unspecified atom stereocenters. The van der Waals surface area contributed by atoms with Crippen LogP contribution in [0.4, 0.5) is 5.69 Å². The quantitative estimate of drug-likeness (QED) is 0.436. The number of aryl methyl sites for hydroxylation is 1. The summed E-state index contributed by atoms with van der Waals surface area (Å²) in [5.74, 6) is -0.705. The number of aromatic nitrogens is 2. The largest absolute Gasteiger partial charge is 0.350 e. The monoisotopic (exact) mass is 439 g/mol. The summed E-state index contributed by atoms with van der Waals surface area (Å²) in [5.41, 5.74) is 1.58. The van der Waals surface area contributed by atoms with Crippen LogP contribution in [0, 0.1) is 5.92 Å². The molecular weight excluding hydrogens is 410 g/mol. The van der Waals surface area contributed by atoms with Crippen molar-refractivity contribution in [3.8, 4) is 0 Å². The maximum atomic E-state index is 12.4. The number of carbonyl (C=O) groups is 4. The Bertz CT molecular complexity index is 992. The Hall–Kier alpha value is -3.49.